The standard InChI is InChI=1S/C23H20N2O3/c26-23(18-14-8-3-9-15-18)21-19(16-10-4-1-5-11-16)22(25(27)28)20(24-21)17-12-6-2-7-13-17/h1-15,19-22,24H/t19-,20-,21-,22+/m0/s1. The minimum absolute atomic E-state index is 0.125. The third-order valence-corrected chi connectivity index (χ3v) is 5.36. The summed E-state index contributed by atoms with van der Waals surface area (Å²) in [6.45, 7) is 0. The van der Waals surface area contributed by atoms with Crippen LogP contribution in [0.4, 0.5) is 0 Å². The van der Waals surface area contributed by atoms with Crippen LogP contribution in [0.2, 0.25) is 0 Å². The molecule has 0 aliphatic carbocycles. The maximum absolute atomic E-state index is 13.3. The second-order valence-corrected chi connectivity index (χ2v) is 6.98. The number of nitrogens with one attached hydrogen (secondary N) is 1. The van der Waals surface area contributed by atoms with Gasteiger partial charge in [-0.2, -0.15) is 0 Å². The molecule has 3 aromatic carbocycles. The van der Waals surface area contributed by atoms with Gasteiger partial charge in [-0.15, -0.1) is 0 Å². The van der Waals surface area contributed by atoms with E-state index >= 15 is 0 Å². The normalized spacial score (nSPS) is 24.0. The van der Waals surface area contributed by atoms with Gasteiger partial charge in [-0.25, -0.2) is 0 Å². The molecule has 1 saturated heterocycles. The minimum Gasteiger partial charge on any atom is -0.294 e. The summed E-state index contributed by atoms with van der Waals surface area (Å²) < 4.78 is 0. The molecule has 0 radical (unpaired) electrons. The van der Waals surface area contributed by atoms with E-state index in [1.807, 2.05) is 66.7 Å². The fraction of sp³-hybridized carbons (Fsp3) is 0.174. The van der Waals surface area contributed by atoms with Crippen molar-refractivity contribution in [3.05, 3.63) is 118 Å². The van der Waals surface area contributed by atoms with E-state index in [2.05, 4.69) is 5.32 Å². The Balaban J connectivity index is 1.81. The van der Waals surface area contributed by atoms with Crippen LogP contribution in [0, 0.1) is 10.1 Å². The summed E-state index contributed by atoms with van der Waals surface area (Å²) in [6, 6.07) is 25.4. The van der Waals surface area contributed by atoms with Crippen molar-refractivity contribution in [3.63, 3.8) is 0 Å². The topological polar surface area (TPSA) is 72.2 Å². The summed E-state index contributed by atoms with van der Waals surface area (Å²) in [5.41, 5.74) is 2.16. The molecule has 0 amide bonds. The van der Waals surface area contributed by atoms with Crippen molar-refractivity contribution >= 4 is 5.78 Å². The lowest BCUT2D eigenvalue weighted by Gasteiger charge is -2.20. The van der Waals surface area contributed by atoms with Crippen LogP contribution in [-0.4, -0.2) is 22.8 Å². The van der Waals surface area contributed by atoms with Gasteiger partial charge in [0.1, 0.15) is 6.04 Å². The second kappa shape index (κ2) is 7.74. The zero-order valence-electron chi connectivity index (χ0n) is 15.1. The number of carbonyl (C=O) groups excluding carboxylic acids is 1. The van der Waals surface area contributed by atoms with E-state index in [1.54, 1.807) is 24.3 Å². The molecular formula is C23H20N2O3. The predicted molar refractivity (Wildman–Crippen MR) is 107 cm³/mol. The number of Topliss-reactive ketones (excluding diaryl/α,β-unsaturated/α-hetero) is 1. The van der Waals surface area contributed by atoms with Crippen molar-refractivity contribution in [3.8, 4) is 0 Å². The van der Waals surface area contributed by atoms with Gasteiger partial charge < -0.3 is 0 Å². The largest absolute Gasteiger partial charge is 0.294 e. The van der Waals surface area contributed by atoms with Crippen LogP contribution < -0.4 is 5.32 Å². The predicted octanol–water partition coefficient (Wildman–Crippen LogP) is 4.01. The Hall–Kier alpha value is -3.31. The average Bonchev–Trinajstić information content (AvgIpc) is 3.16. The molecule has 1 fully saturated rings. The molecule has 1 aliphatic rings. The molecule has 5 nitrogen and oxygen atoms in total. The third-order valence-electron chi connectivity index (χ3n) is 5.36. The van der Waals surface area contributed by atoms with E-state index in [4.69, 9.17) is 0 Å². The lowest BCUT2D eigenvalue weighted by molar-refractivity contribution is -0.527. The molecule has 28 heavy (non-hydrogen) atoms. The van der Waals surface area contributed by atoms with Crippen molar-refractivity contribution in [1.29, 1.82) is 0 Å². The van der Waals surface area contributed by atoms with Gasteiger partial charge in [0.15, 0.2) is 5.78 Å². The lowest BCUT2D eigenvalue weighted by atomic mass is 9.83. The number of carbonyl (C=O) groups is 1. The van der Waals surface area contributed by atoms with Gasteiger partial charge in [0.05, 0.1) is 12.0 Å². The highest BCUT2D eigenvalue weighted by molar-refractivity contribution is 6.01. The monoisotopic (exact) mass is 372 g/mol. The van der Waals surface area contributed by atoms with Gasteiger partial charge in [-0.1, -0.05) is 91.0 Å². The number of hydrogen-bond donors (Lipinski definition) is 1. The second-order valence-electron chi connectivity index (χ2n) is 6.98. The molecule has 0 saturated carbocycles. The summed E-state index contributed by atoms with van der Waals surface area (Å²) in [5.74, 6) is -0.686. The molecule has 0 spiro atoms. The molecule has 1 N–H and O–H groups in total. The molecule has 5 heteroatoms. The van der Waals surface area contributed by atoms with E-state index in [-0.39, 0.29) is 10.7 Å². The van der Waals surface area contributed by atoms with Gasteiger partial charge in [-0.05, 0) is 11.1 Å². The van der Waals surface area contributed by atoms with Gasteiger partial charge in [0.2, 0.25) is 6.04 Å². The van der Waals surface area contributed by atoms with E-state index in [1.165, 1.54) is 0 Å². The van der Waals surface area contributed by atoms with Crippen LogP contribution >= 0.6 is 0 Å². The Morgan fingerprint density at radius 1 is 0.786 bits per heavy atom. The Labute approximate surface area is 163 Å². The zero-order chi connectivity index (χ0) is 19.5. The maximum atomic E-state index is 13.3. The van der Waals surface area contributed by atoms with Crippen molar-refractivity contribution in [1.82, 2.24) is 5.32 Å². The number of ketones is 1. The van der Waals surface area contributed by atoms with Crippen LogP contribution in [0.15, 0.2) is 91.0 Å². The van der Waals surface area contributed by atoms with Crippen LogP contribution in [0.3, 0.4) is 0 Å². The molecule has 4 atom stereocenters. The van der Waals surface area contributed by atoms with Crippen LogP contribution in [-0.2, 0) is 0 Å². The minimum atomic E-state index is -0.942. The number of rotatable bonds is 5. The number of nitrogens with zero attached hydrogens (tertiary/aromatic N) is 1. The Morgan fingerprint density at radius 3 is 1.82 bits per heavy atom. The highest BCUT2D eigenvalue weighted by Gasteiger charge is 2.54. The van der Waals surface area contributed by atoms with E-state index in [9.17, 15) is 14.9 Å². The fourth-order valence-electron chi connectivity index (χ4n) is 4.09. The average molecular weight is 372 g/mol. The van der Waals surface area contributed by atoms with Crippen LogP contribution in [0.5, 0.6) is 0 Å². The van der Waals surface area contributed by atoms with Crippen molar-refractivity contribution in [2.24, 2.45) is 0 Å². The van der Waals surface area contributed by atoms with E-state index in [0.717, 1.165) is 11.1 Å². The molecule has 140 valence electrons. The van der Waals surface area contributed by atoms with E-state index in [0.29, 0.717) is 5.56 Å². The zero-order valence-corrected chi connectivity index (χ0v) is 15.1. The molecule has 4 rings (SSSR count). The lowest BCUT2D eigenvalue weighted by Crippen LogP contribution is -2.36. The van der Waals surface area contributed by atoms with Gasteiger partial charge in [-0.3, -0.25) is 20.2 Å². The van der Waals surface area contributed by atoms with Crippen molar-refractivity contribution < 1.29 is 9.72 Å². The first kappa shape index (κ1) is 18.1. The number of hydrogen-bond acceptors (Lipinski definition) is 4. The molecule has 0 aromatic heterocycles. The summed E-state index contributed by atoms with van der Waals surface area (Å²) in [7, 11) is 0. The number of benzene rings is 3. The Bertz CT molecular complexity index is 961. The number of nitro groups is 1. The molecule has 1 heterocycles. The maximum Gasteiger partial charge on any atom is 0.241 e. The molecule has 0 unspecified atom stereocenters. The molecular weight excluding hydrogens is 352 g/mol. The summed E-state index contributed by atoms with van der Waals surface area (Å²) in [4.78, 5) is 25.2. The van der Waals surface area contributed by atoms with Gasteiger partial charge in [0.25, 0.3) is 0 Å². The van der Waals surface area contributed by atoms with Crippen molar-refractivity contribution in [2.75, 3.05) is 0 Å². The molecule has 3 aromatic rings. The smallest absolute Gasteiger partial charge is 0.241 e. The van der Waals surface area contributed by atoms with Gasteiger partial charge >= 0.3 is 0 Å². The quantitative estimate of drug-likeness (QED) is 0.417. The summed E-state index contributed by atoms with van der Waals surface area (Å²) in [5, 5.41) is 15.4. The SMILES string of the molecule is O=C(c1ccccc1)[C@H]1N[C@@H](c2ccccc2)[C@H]([N+](=O)[O-])[C@H]1c1ccccc1. The van der Waals surface area contributed by atoms with E-state index < -0.39 is 24.0 Å². The van der Waals surface area contributed by atoms with Crippen LogP contribution in [0.25, 0.3) is 0 Å². The highest BCUT2D eigenvalue weighted by atomic mass is 16.6. The fourth-order valence-corrected chi connectivity index (χ4v) is 4.09. The Morgan fingerprint density at radius 2 is 1.29 bits per heavy atom. The first-order valence-corrected chi connectivity index (χ1v) is 9.25. The summed E-state index contributed by atoms with van der Waals surface area (Å²) >= 11 is 0. The summed E-state index contributed by atoms with van der Waals surface area (Å²) in [6.07, 6.45) is 0. The molecule has 0 bridgehead atoms. The first-order chi connectivity index (χ1) is 13.7. The van der Waals surface area contributed by atoms with Crippen LogP contribution in [0.1, 0.15) is 33.4 Å². The Kier molecular flexibility index (Phi) is 5.00. The van der Waals surface area contributed by atoms with Crippen molar-refractivity contribution in [2.45, 2.75) is 24.0 Å². The first-order valence-electron chi connectivity index (χ1n) is 9.25. The molecule has 1 aliphatic heterocycles. The third kappa shape index (κ3) is 3.32. The van der Waals surface area contributed by atoms with Gasteiger partial charge in [0, 0.05) is 10.5 Å². The highest BCUT2D eigenvalue weighted by Crippen LogP contribution is 2.41.